The summed E-state index contributed by atoms with van der Waals surface area (Å²) < 4.78 is 56.9. The third-order valence-corrected chi connectivity index (χ3v) is 9.77. The fraction of sp³-hybridized carbons (Fsp3) is 0.786. The molecule has 7 unspecified atom stereocenters. The van der Waals surface area contributed by atoms with Crippen LogP contribution < -0.4 is 16.2 Å². The molecule has 4 heterocycles. The van der Waals surface area contributed by atoms with Crippen molar-refractivity contribution in [1.29, 1.82) is 0 Å². The summed E-state index contributed by atoms with van der Waals surface area (Å²) in [6.45, 7) is 0.708. The zero-order valence-corrected chi connectivity index (χ0v) is 22.7. The number of ether oxygens (including phenoxy) is 2. The number of nitrogens with zero attached hydrogens (tertiary/aromatic N) is 2. The Morgan fingerprint density at radius 3 is 2.58 bits per heavy atom. The van der Waals surface area contributed by atoms with Crippen molar-refractivity contribution < 1.29 is 27.6 Å². The summed E-state index contributed by atoms with van der Waals surface area (Å²) >= 11 is 0. The molecule has 1 aromatic rings. The molecule has 1 aromatic carbocycles. The first kappa shape index (κ1) is 28.3. The van der Waals surface area contributed by atoms with Crippen LogP contribution >= 0.6 is 0 Å². The lowest BCUT2D eigenvalue weighted by Gasteiger charge is -2.46. The minimum absolute atomic E-state index is 0.0460. The van der Waals surface area contributed by atoms with E-state index in [1.165, 1.54) is 0 Å². The molecule has 1 aliphatic carbocycles. The number of piperidine rings is 1. The van der Waals surface area contributed by atoms with Gasteiger partial charge >= 0.3 is 6.18 Å². The highest BCUT2D eigenvalue weighted by Crippen LogP contribution is 2.47. The minimum Gasteiger partial charge on any atom is -0.357 e. The second-order valence-corrected chi connectivity index (χ2v) is 12.2. The molecule has 12 heteroatoms. The summed E-state index contributed by atoms with van der Waals surface area (Å²) in [5.74, 6) is 0.599. The average molecular weight is 568 g/mol. The van der Waals surface area contributed by atoms with Gasteiger partial charge < -0.3 is 9.47 Å². The van der Waals surface area contributed by atoms with E-state index in [0.29, 0.717) is 36.8 Å². The molecule has 4 bridgehead atoms. The molecule has 222 valence electrons. The average Bonchev–Trinajstić information content (AvgIpc) is 3.46. The lowest BCUT2D eigenvalue weighted by Crippen LogP contribution is -2.68. The highest BCUT2D eigenvalue weighted by atomic mass is 19.4. The van der Waals surface area contributed by atoms with Crippen molar-refractivity contribution in [2.75, 3.05) is 6.54 Å². The van der Waals surface area contributed by atoms with Gasteiger partial charge in [-0.15, -0.1) is 0 Å². The zero-order valence-electron chi connectivity index (χ0n) is 22.7. The second kappa shape index (κ2) is 11.4. The van der Waals surface area contributed by atoms with Gasteiger partial charge in [0.15, 0.2) is 6.23 Å². The molecule has 9 nitrogen and oxygen atoms in total. The van der Waals surface area contributed by atoms with Gasteiger partial charge in [-0.25, -0.2) is 10.9 Å². The number of alkyl halides is 3. The van der Waals surface area contributed by atoms with Gasteiger partial charge in [0.05, 0.1) is 12.8 Å². The van der Waals surface area contributed by atoms with Crippen molar-refractivity contribution >= 4 is 0 Å². The van der Waals surface area contributed by atoms with Crippen molar-refractivity contribution in [1.82, 2.24) is 21.1 Å². The Hall–Kier alpha value is -1.83. The number of hydrazine groups is 1. The Morgan fingerprint density at radius 1 is 1.07 bits per heavy atom. The smallest absolute Gasteiger partial charge is 0.357 e. The highest BCUT2D eigenvalue weighted by Gasteiger charge is 2.64. The molecule has 5 aliphatic rings. The molecule has 40 heavy (non-hydrogen) atoms. The van der Waals surface area contributed by atoms with E-state index in [4.69, 9.17) is 9.47 Å². The molecule has 0 radical (unpaired) electrons. The van der Waals surface area contributed by atoms with Crippen LogP contribution in [0.5, 0.6) is 0 Å². The second-order valence-electron chi connectivity index (χ2n) is 12.2. The number of rotatable bonds is 5. The number of nitro groups is 1. The van der Waals surface area contributed by atoms with Crippen LogP contribution in [0.15, 0.2) is 30.3 Å². The van der Waals surface area contributed by atoms with Crippen LogP contribution in [0.1, 0.15) is 69.8 Å². The van der Waals surface area contributed by atoms with E-state index in [2.05, 4.69) is 21.1 Å². The molecule has 8 atom stereocenters. The number of hydrogen-bond acceptors (Lipinski definition) is 8. The normalized spacial score (nSPS) is 39.4. The highest BCUT2D eigenvalue weighted by molar-refractivity contribution is 5.14. The zero-order chi connectivity index (χ0) is 27.9. The van der Waals surface area contributed by atoms with E-state index in [-0.39, 0.29) is 30.0 Å². The summed E-state index contributed by atoms with van der Waals surface area (Å²) in [4.78, 5) is 14.5. The van der Waals surface area contributed by atoms with E-state index in [9.17, 15) is 10.1 Å². The van der Waals surface area contributed by atoms with E-state index >= 15 is 13.2 Å². The lowest BCUT2D eigenvalue weighted by molar-refractivity contribution is -0.535. The minimum atomic E-state index is -4.74. The Kier molecular flexibility index (Phi) is 8.10. The molecule has 1 saturated carbocycles. The van der Waals surface area contributed by atoms with Crippen molar-refractivity contribution in [3.63, 3.8) is 0 Å². The summed E-state index contributed by atoms with van der Waals surface area (Å²) in [6, 6.07) is 7.35. The molecule has 5 fully saturated rings. The number of hydrogen-bond donors (Lipinski definition) is 3. The van der Waals surface area contributed by atoms with Gasteiger partial charge in [0.1, 0.15) is 12.3 Å². The van der Waals surface area contributed by atoms with Crippen LogP contribution in [0, 0.1) is 22.0 Å². The number of fused-ring (bicyclic) bond motifs is 7. The van der Waals surface area contributed by atoms with Gasteiger partial charge in [-0.1, -0.05) is 49.6 Å². The maximum Gasteiger partial charge on any atom is 0.421 e. The molecular formula is C28H40F3N5O4. The maximum atomic E-state index is 15.0. The first-order valence-corrected chi connectivity index (χ1v) is 14.8. The lowest BCUT2D eigenvalue weighted by atomic mass is 9.82. The van der Waals surface area contributed by atoms with Gasteiger partial charge in [-0.05, 0) is 62.5 Å². The molecule has 0 aromatic heterocycles. The van der Waals surface area contributed by atoms with Gasteiger partial charge in [0.25, 0.3) is 0 Å². The quantitative estimate of drug-likeness (QED) is 0.362. The Balaban J connectivity index is 1.32. The van der Waals surface area contributed by atoms with Crippen molar-refractivity contribution in [3.8, 4) is 0 Å². The number of halogens is 3. The maximum absolute atomic E-state index is 15.0. The van der Waals surface area contributed by atoms with Gasteiger partial charge in [0, 0.05) is 17.4 Å². The Bertz CT molecular complexity index is 1030. The van der Waals surface area contributed by atoms with Crippen LogP contribution in [0.4, 0.5) is 13.2 Å². The van der Waals surface area contributed by atoms with Crippen LogP contribution in [0.25, 0.3) is 0 Å². The molecule has 4 aliphatic heterocycles. The van der Waals surface area contributed by atoms with Crippen LogP contribution in [0.2, 0.25) is 0 Å². The predicted octanol–water partition coefficient (Wildman–Crippen LogP) is 4.07. The fourth-order valence-electron chi connectivity index (χ4n) is 7.50. The first-order valence-electron chi connectivity index (χ1n) is 14.8. The molecular weight excluding hydrogens is 527 g/mol. The summed E-state index contributed by atoms with van der Waals surface area (Å²) in [6.07, 6.45) is -0.231. The SMILES string of the molecule is O=[N+]([O-])C1CC(C2CC2)C2NC1C1NNC(O1)C(OCc1ccccc1)(C(F)(F)F)CCCCC[C@H]1CCCN21. The fourth-order valence-corrected chi connectivity index (χ4v) is 7.50. The van der Waals surface area contributed by atoms with E-state index in [1.54, 1.807) is 30.3 Å². The predicted molar refractivity (Wildman–Crippen MR) is 140 cm³/mol. The first-order chi connectivity index (χ1) is 19.3. The summed E-state index contributed by atoms with van der Waals surface area (Å²) in [7, 11) is 0. The van der Waals surface area contributed by atoms with Crippen molar-refractivity contribution in [2.24, 2.45) is 11.8 Å². The van der Waals surface area contributed by atoms with Crippen LogP contribution in [-0.2, 0) is 16.1 Å². The molecule has 3 N–H and O–H groups in total. The Labute approximate surface area is 232 Å². The number of nitrogens with one attached hydrogen (secondary N) is 3. The largest absolute Gasteiger partial charge is 0.421 e. The molecule has 0 spiro atoms. The van der Waals surface area contributed by atoms with E-state index in [0.717, 1.165) is 45.1 Å². The van der Waals surface area contributed by atoms with Gasteiger partial charge in [0.2, 0.25) is 11.6 Å². The summed E-state index contributed by atoms with van der Waals surface area (Å²) in [5, 5.41) is 15.9. The standard InChI is InChI=1S/C28H40F3N5O4/c29-28(30,31)27(39-17-18-8-3-1-4-9-18)14-6-2-5-10-20-11-7-15-35(20)24-21(19-12-13-19)16-22(36(37)38)23(32-24)25-33-34-26(27)40-25/h1,3-4,8-9,19-26,32-34H,2,5-7,10-17H2/t20-,21?,22?,23?,24?,25?,26?,27?/m0/s1. The molecule has 0 amide bonds. The van der Waals surface area contributed by atoms with E-state index in [1.807, 2.05) is 0 Å². The summed E-state index contributed by atoms with van der Waals surface area (Å²) in [5.41, 5.74) is 3.60. The third-order valence-electron chi connectivity index (χ3n) is 9.77. The van der Waals surface area contributed by atoms with Crippen LogP contribution in [-0.4, -0.2) is 64.9 Å². The topological polar surface area (TPSA) is 101 Å². The molecule has 4 saturated heterocycles. The monoisotopic (exact) mass is 567 g/mol. The Morgan fingerprint density at radius 2 is 1.85 bits per heavy atom. The number of benzene rings is 1. The molecule has 6 rings (SSSR count). The third kappa shape index (κ3) is 5.50. The van der Waals surface area contributed by atoms with Crippen molar-refractivity contribution in [2.45, 2.75) is 119 Å². The van der Waals surface area contributed by atoms with E-state index < -0.39 is 36.3 Å². The van der Waals surface area contributed by atoms with Crippen LogP contribution in [0.3, 0.4) is 0 Å². The van der Waals surface area contributed by atoms with Gasteiger partial charge in [-0.2, -0.15) is 13.2 Å². The van der Waals surface area contributed by atoms with Crippen molar-refractivity contribution in [3.05, 3.63) is 46.0 Å². The van der Waals surface area contributed by atoms with Gasteiger partial charge in [-0.3, -0.25) is 20.3 Å².